The van der Waals surface area contributed by atoms with E-state index >= 15 is 0 Å². The molecule has 0 saturated heterocycles. The summed E-state index contributed by atoms with van der Waals surface area (Å²) in [6, 6.07) is 3.74. The van der Waals surface area contributed by atoms with Crippen LogP contribution in [0.3, 0.4) is 0 Å². The molecule has 0 aliphatic heterocycles. The standard InChI is InChI=1S/C21H26N6O/c1-3-10-27(20-16-4-9-23-19(16)25-14-26-20)12-21(6-7-21)11-15(2)18(28)17-5-8-22-13-24-17/h4-5,8-9,13-15H,3,6-7,10-12H2,1-2H3,(H,23,25,26). The van der Waals surface area contributed by atoms with E-state index < -0.39 is 0 Å². The fourth-order valence-corrected chi connectivity index (χ4v) is 4.08. The fraction of sp³-hybridized carbons (Fsp3) is 0.476. The molecule has 0 bridgehead atoms. The van der Waals surface area contributed by atoms with Crippen LogP contribution in [0, 0.1) is 11.3 Å². The number of Topliss-reactive ketones (excluding diaryl/α,β-unsaturated/α-hetero) is 1. The fourth-order valence-electron chi connectivity index (χ4n) is 4.08. The average Bonchev–Trinajstić information content (AvgIpc) is 3.28. The Bertz CT molecular complexity index is 950. The van der Waals surface area contributed by atoms with Gasteiger partial charge in [0, 0.05) is 31.4 Å². The normalized spacial score (nSPS) is 16.1. The van der Waals surface area contributed by atoms with Gasteiger partial charge in [-0.2, -0.15) is 0 Å². The Morgan fingerprint density at radius 3 is 2.82 bits per heavy atom. The summed E-state index contributed by atoms with van der Waals surface area (Å²) in [5, 5.41) is 1.05. The first-order valence-corrected chi connectivity index (χ1v) is 9.95. The van der Waals surface area contributed by atoms with Gasteiger partial charge in [0.25, 0.3) is 0 Å². The molecule has 3 aromatic heterocycles. The predicted molar refractivity (Wildman–Crippen MR) is 108 cm³/mol. The highest BCUT2D eigenvalue weighted by Crippen LogP contribution is 2.52. The molecule has 7 heteroatoms. The zero-order valence-corrected chi connectivity index (χ0v) is 16.4. The first-order valence-electron chi connectivity index (χ1n) is 9.95. The number of ketones is 1. The summed E-state index contributed by atoms with van der Waals surface area (Å²) in [5.41, 5.74) is 1.54. The molecule has 4 rings (SSSR count). The molecule has 0 aromatic carbocycles. The second-order valence-electron chi connectivity index (χ2n) is 7.92. The van der Waals surface area contributed by atoms with E-state index in [1.165, 1.54) is 6.33 Å². The molecule has 146 valence electrons. The zero-order chi connectivity index (χ0) is 19.6. The molecule has 0 amide bonds. The van der Waals surface area contributed by atoms with E-state index in [1.54, 1.807) is 18.6 Å². The lowest BCUT2D eigenvalue weighted by Gasteiger charge is -2.30. The van der Waals surface area contributed by atoms with Crippen LogP contribution < -0.4 is 4.90 Å². The number of anilines is 1. The molecular weight excluding hydrogens is 352 g/mol. The van der Waals surface area contributed by atoms with Crippen molar-refractivity contribution in [2.45, 2.75) is 39.5 Å². The molecule has 1 aliphatic carbocycles. The lowest BCUT2D eigenvalue weighted by atomic mass is 9.88. The number of aromatic nitrogens is 5. The van der Waals surface area contributed by atoms with Gasteiger partial charge in [0.1, 0.15) is 29.8 Å². The van der Waals surface area contributed by atoms with Gasteiger partial charge in [0.15, 0.2) is 5.78 Å². The molecule has 1 N–H and O–H groups in total. The Kier molecular flexibility index (Phi) is 5.07. The van der Waals surface area contributed by atoms with Crippen LogP contribution in [-0.2, 0) is 0 Å². The maximum atomic E-state index is 12.7. The van der Waals surface area contributed by atoms with Gasteiger partial charge in [-0.1, -0.05) is 13.8 Å². The van der Waals surface area contributed by atoms with E-state index in [2.05, 4.69) is 36.7 Å². The number of rotatable bonds is 9. The molecule has 1 saturated carbocycles. The second kappa shape index (κ2) is 7.66. The van der Waals surface area contributed by atoms with Crippen molar-refractivity contribution in [1.82, 2.24) is 24.9 Å². The third-order valence-electron chi connectivity index (χ3n) is 5.63. The molecule has 0 radical (unpaired) electrons. The van der Waals surface area contributed by atoms with Crippen LogP contribution in [0.25, 0.3) is 11.0 Å². The molecule has 3 aromatic rings. The summed E-state index contributed by atoms with van der Waals surface area (Å²) in [6.45, 7) is 6.06. The quantitative estimate of drug-likeness (QED) is 0.572. The minimum absolute atomic E-state index is 0.0569. The molecule has 3 heterocycles. The zero-order valence-electron chi connectivity index (χ0n) is 16.4. The Morgan fingerprint density at radius 2 is 2.11 bits per heavy atom. The Labute approximate surface area is 164 Å². The van der Waals surface area contributed by atoms with Gasteiger partial charge in [-0.25, -0.2) is 19.9 Å². The number of H-pyrrole nitrogens is 1. The van der Waals surface area contributed by atoms with Crippen molar-refractivity contribution in [3.63, 3.8) is 0 Å². The summed E-state index contributed by atoms with van der Waals surface area (Å²) >= 11 is 0. The van der Waals surface area contributed by atoms with E-state index in [1.807, 2.05) is 19.2 Å². The molecular formula is C21H26N6O. The van der Waals surface area contributed by atoms with Gasteiger partial charge >= 0.3 is 0 Å². The Balaban J connectivity index is 1.51. The van der Waals surface area contributed by atoms with E-state index in [4.69, 9.17) is 0 Å². The average molecular weight is 378 g/mol. The molecule has 1 aliphatic rings. The van der Waals surface area contributed by atoms with Crippen LogP contribution in [-0.4, -0.2) is 43.8 Å². The van der Waals surface area contributed by atoms with Crippen LogP contribution in [0.2, 0.25) is 0 Å². The van der Waals surface area contributed by atoms with Gasteiger partial charge < -0.3 is 9.88 Å². The van der Waals surface area contributed by atoms with Crippen LogP contribution in [0.5, 0.6) is 0 Å². The molecule has 7 nitrogen and oxygen atoms in total. The van der Waals surface area contributed by atoms with Gasteiger partial charge in [-0.15, -0.1) is 0 Å². The Hall–Kier alpha value is -2.83. The Morgan fingerprint density at radius 1 is 1.25 bits per heavy atom. The van der Waals surface area contributed by atoms with Crippen LogP contribution in [0.15, 0.2) is 37.2 Å². The van der Waals surface area contributed by atoms with Gasteiger partial charge in [0.05, 0.1) is 5.39 Å². The maximum Gasteiger partial charge on any atom is 0.184 e. The van der Waals surface area contributed by atoms with Crippen LogP contribution in [0.1, 0.15) is 50.0 Å². The van der Waals surface area contributed by atoms with Crippen LogP contribution >= 0.6 is 0 Å². The highest BCUT2D eigenvalue weighted by molar-refractivity contribution is 5.95. The monoisotopic (exact) mass is 378 g/mol. The van der Waals surface area contributed by atoms with Crippen molar-refractivity contribution in [2.24, 2.45) is 11.3 Å². The smallest absolute Gasteiger partial charge is 0.184 e. The van der Waals surface area contributed by atoms with Gasteiger partial charge in [-0.05, 0) is 43.2 Å². The van der Waals surface area contributed by atoms with Gasteiger partial charge in [0.2, 0.25) is 0 Å². The number of nitrogens with zero attached hydrogens (tertiary/aromatic N) is 5. The second-order valence-corrected chi connectivity index (χ2v) is 7.92. The van der Waals surface area contributed by atoms with Gasteiger partial charge in [-0.3, -0.25) is 4.79 Å². The number of hydrogen-bond donors (Lipinski definition) is 1. The van der Waals surface area contributed by atoms with E-state index in [9.17, 15) is 4.79 Å². The van der Waals surface area contributed by atoms with E-state index in [-0.39, 0.29) is 17.1 Å². The first kappa shape index (κ1) is 18.5. The van der Waals surface area contributed by atoms with Crippen molar-refractivity contribution < 1.29 is 4.79 Å². The minimum Gasteiger partial charge on any atom is -0.355 e. The SMILES string of the molecule is CCCN(CC1(CC(C)C(=O)c2ccncn2)CC1)c1ncnc2[nH]ccc12. The van der Waals surface area contributed by atoms with Crippen molar-refractivity contribution in [3.8, 4) is 0 Å². The summed E-state index contributed by atoms with van der Waals surface area (Å²) in [6.07, 6.45) is 10.8. The molecule has 1 unspecified atom stereocenters. The minimum atomic E-state index is -0.0569. The van der Waals surface area contributed by atoms with E-state index in [0.717, 1.165) is 55.6 Å². The number of fused-ring (bicyclic) bond motifs is 1. The summed E-state index contributed by atoms with van der Waals surface area (Å²) in [4.78, 5) is 35.2. The predicted octanol–water partition coefficient (Wildman–Crippen LogP) is 3.65. The first-order chi connectivity index (χ1) is 13.6. The summed E-state index contributed by atoms with van der Waals surface area (Å²) in [5.74, 6) is 1.03. The number of carbonyl (C=O) groups is 1. The van der Waals surface area contributed by atoms with Crippen LogP contribution in [0.4, 0.5) is 5.82 Å². The number of aromatic amines is 1. The molecule has 1 fully saturated rings. The lowest BCUT2D eigenvalue weighted by Crippen LogP contribution is -2.33. The molecule has 1 atom stereocenters. The van der Waals surface area contributed by atoms with E-state index in [0.29, 0.717) is 5.69 Å². The molecule has 0 spiro atoms. The topological polar surface area (TPSA) is 87.7 Å². The largest absolute Gasteiger partial charge is 0.355 e. The highest BCUT2D eigenvalue weighted by Gasteiger charge is 2.46. The summed E-state index contributed by atoms with van der Waals surface area (Å²) in [7, 11) is 0. The third-order valence-corrected chi connectivity index (χ3v) is 5.63. The lowest BCUT2D eigenvalue weighted by molar-refractivity contribution is 0.0903. The van der Waals surface area contributed by atoms with Crippen molar-refractivity contribution in [3.05, 3.63) is 42.9 Å². The van der Waals surface area contributed by atoms with Crippen molar-refractivity contribution >= 4 is 22.6 Å². The number of carbonyl (C=O) groups excluding carboxylic acids is 1. The number of nitrogens with one attached hydrogen (secondary N) is 1. The molecule has 28 heavy (non-hydrogen) atoms. The maximum absolute atomic E-state index is 12.7. The number of hydrogen-bond acceptors (Lipinski definition) is 6. The third kappa shape index (κ3) is 3.74. The van der Waals surface area contributed by atoms with Crippen molar-refractivity contribution in [2.75, 3.05) is 18.0 Å². The highest BCUT2D eigenvalue weighted by atomic mass is 16.1. The summed E-state index contributed by atoms with van der Waals surface area (Å²) < 4.78 is 0. The van der Waals surface area contributed by atoms with Crippen molar-refractivity contribution in [1.29, 1.82) is 0 Å².